The molecule has 0 fully saturated rings. The lowest BCUT2D eigenvalue weighted by Crippen LogP contribution is -2.37. The van der Waals surface area contributed by atoms with Crippen LogP contribution in [0.1, 0.15) is 17.3 Å². The Morgan fingerprint density at radius 1 is 1.04 bits per heavy atom. The van der Waals surface area contributed by atoms with Crippen molar-refractivity contribution in [3.8, 4) is 5.75 Å². The van der Waals surface area contributed by atoms with E-state index in [1.54, 1.807) is 24.3 Å². The van der Waals surface area contributed by atoms with Crippen molar-refractivity contribution in [3.63, 3.8) is 0 Å². The molecule has 4 N–H and O–H groups in total. The van der Waals surface area contributed by atoms with Crippen LogP contribution in [-0.2, 0) is 4.79 Å². The summed E-state index contributed by atoms with van der Waals surface area (Å²) in [7, 11) is 0. The Bertz CT molecular complexity index is 720. The van der Waals surface area contributed by atoms with E-state index in [-0.39, 0.29) is 18.4 Å². The summed E-state index contributed by atoms with van der Waals surface area (Å²) in [4.78, 5) is 23.0. The van der Waals surface area contributed by atoms with Crippen LogP contribution < -0.4 is 20.7 Å². The number of nitrogens with one attached hydrogen (secondary N) is 3. The quantitative estimate of drug-likeness (QED) is 0.473. The summed E-state index contributed by atoms with van der Waals surface area (Å²) in [5.74, 6) is 0.363. The van der Waals surface area contributed by atoms with Gasteiger partial charge in [0, 0.05) is 37.8 Å². The number of hydrogen-bond acceptors (Lipinski definition) is 5. The van der Waals surface area contributed by atoms with Gasteiger partial charge >= 0.3 is 0 Å². The monoisotopic (exact) mass is 371 g/mol. The van der Waals surface area contributed by atoms with Gasteiger partial charge in [0.1, 0.15) is 18.5 Å². The number of para-hydroxylation sites is 1. The van der Waals surface area contributed by atoms with Gasteiger partial charge in [-0.3, -0.25) is 9.59 Å². The van der Waals surface area contributed by atoms with Gasteiger partial charge in [0.05, 0.1) is 0 Å². The summed E-state index contributed by atoms with van der Waals surface area (Å²) < 4.78 is 5.47. The third kappa shape index (κ3) is 7.89. The molecule has 0 aliphatic heterocycles. The third-order valence-electron chi connectivity index (χ3n) is 3.62. The second kappa shape index (κ2) is 10.9. The maximum Gasteiger partial charge on any atom is 0.251 e. The highest BCUT2D eigenvalue weighted by Crippen LogP contribution is 2.09. The van der Waals surface area contributed by atoms with Crippen molar-refractivity contribution in [1.82, 2.24) is 10.6 Å². The third-order valence-corrected chi connectivity index (χ3v) is 3.62. The van der Waals surface area contributed by atoms with Crippen LogP contribution >= 0.6 is 0 Å². The summed E-state index contributed by atoms with van der Waals surface area (Å²) in [5, 5.41) is 18.4. The minimum atomic E-state index is -0.637. The zero-order valence-corrected chi connectivity index (χ0v) is 15.3. The van der Waals surface area contributed by atoms with Crippen molar-refractivity contribution in [2.75, 3.05) is 31.6 Å². The molecule has 2 aromatic rings. The van der Waals surface area contributed by atoms with Crippen LogP contribution in [0.15, 0.2) is 54.6 Å². The number of carbonyl (C=O) groups is 2. The molecule has 7 heteroatoms. The van der Waals surface area contributed by atoms with Gasteiger partial charge in [-0.25, -0.2) is 0 Å². The Labute approximate surface area is 158 Å². The molecule has 0 radical (unpaired) electrons. The zero-order chi connectivity index (χ0) is 19.5. The standard InChI is InChI=1S/C20H25N3O4/c1-15(24)23-17-9-7-16(8-10-17)20(26)22-12-11-21-13-18(25)14-27-19-5-3-2-4-6-19/h2-10,18,21,25H,11-14H2,1H3,(H,22,26)(H,23,24)/t18-/m0/s1. The normalized spacial score (nSPS) is 11.5. The largest absolute Gasteiger partial charge is 0.491 e. The lowest BCUT2D eigenvalue weighted by atomic mass is 10.2. The maximum atomic E-state index is 12.0. The number of anilines is 1. The minimum Gasteiger partial charge on any atom is -0.491 e. The predicted octanol–water partition coefficient (Wildman–Crippen LogP) is 1.40. The molecule has 1 atom stereocenters. The molecule has 2 amide bonds. The van der Waals surface area contributed by atoms with Gasteiger partial charge in [0.25, 0.3) is 5.91 Å². The molecule has 0 aromatic heterocycles. The van der Waals surface area contributed by atoms with E-state index in [1.165, 1.54) is 6.92 Å². The second-order valence-electron chi connectivity index (χ2n) is 6.00. The van der Waals surface area contributed by atoms with Gasteiger partial charge in [0.2, 0.25) is 5.91 Å². The number of hydrogen-bond donors (Lipinski definition) is 4. The van der Waals surface area contributed by atoms with E-state index in [9.17, 15) is 14.7 Å². The molecule has 0 saturated carbocycles. The highest BCUT2D eigenvalue weighted by molar-refractivity contribution is 5.95. The molecular formula is C20H25N3O4. The number of rotatable bonds is 10. The average molecular weight is 371 g/mol. The highest BCUT2D eigenvalue weighted by Gasteiger charge is 2.07. The Kier molecular flexibility index (Phi) is 8.28. The van der Waals surface area contributed by atoms with E-state index in [0.717, 1.165) is 0 Å². The highest BCUT2D eigenvalue weighted by atomic mass is 16.5. The van der Waals surface area contributed by atoms with E-state index >= 15 is 0 Å². The average Bonchev–Trinajstić information content (AvgIpc) is 2.67. The fourth-order valence-corrected chi connectivity index (χ4v) is 2.31. The molecule has 7 nitrogen and oxygen atoms in total. The van der Waals surface area contributed by atoms with E-state index in [0.29, 0.717) is 36.6 Å². The Morgan fingerprint density at radius 2 is 1.74 bits per heavy atom. The molecule has 0 aliphatic rings. The first-order valence-electron chi connectivity index (χ1n) is 8.77. The van der Waals surface area contributed by atoms with Gasteiger partial charge in [-0.05, 0) is 36.4 Å². The van der Waals surface area contributed by atoms with Crippen molar-refractivity contribution < 1.29 is 19.4 Å². The van der Waals surface area contributed by atoms with Crippen LogP contribution in [0.4, 0.5) is 5.69 Å². The number of aliphatic hydroxyl groups is 1. The number of amides is 2. The molecule has 2 rings (SSSR count). The molecule has 0 heterocycles. The molecule has 0 spiro atoms. The van der Waals surface area contributed by atoms with Gasteiger partial charge < -0.3 is 25.8 Å². The Morgan fingerprint density at radius 3 is 2.41 bits per heavy atom. The smallest absolute Gasteiger partial charge is 0.251 e. The topological polar surface area (TPSA) is 99.7 Å². The maximum absolute atomic E-state index is 12.0. The SMILES string of the molecule is CC(=O)Nc1ccc(C(=O)NCCNC[C@H](O)COc2ccccc2)cc1. The van der Waals surface area contributed by atoms with Gasteiger partial charge in [0.15, 0.2) is 0 Å². The van der Waals surface area contributed by atoms with Crippen LogP contribution in [0.2, 0.25) is 0 Å². The number of benzene rings is 2. The van der Waals surface area contributed by atoms with E-state index in [1.807, 2.05) is 30.3 Å². The van der Waals surface area contributed by atoms with Crippen LogP contribution in [0.25, 0.3) is 0 Å². The molecule has 27 heavy (non-hydrogen) atoms. The molecule has 2 aromatic carbocycles. The molecule has 144 valence electrons. The summed E-state index contributed by atoms with van der Waals surface area (Å²) in [6.45, 7) is 2.95. The van der Waals surface area contributed by atoms with Crippen LogP contribution in [0.5, 0.6) is 5.75 Å². The molecule has 0 bridgehead atoms. The molecule has 0 aliphatic carbocycles. The van der Waals surface area contributed by atoms with E-state index in [4.69, 9.17) is 4.74 Å². The summed E-state index contributed by atoms with van der Waals surface area (Å²) in [6.07, 6.45) is -0.637. The van der Waals surface area contributed by atoms with Crippen LogP contribution in [0, 0.1) is 0 Å². The van der Waals surface area contributed by atoms with Crippen molar-refractivity contribution in [2.24, 2.45) is 0 Å². The Hall–Kier alpha value is -2.90. The van der Waals surface area contributed by atoms with Gasteiger partial charge in [-0.15, -0.1) is 0 Å². The molecule has 0 saturated heterocycles. The number of ether oxygens (including phenoxy) is 1. The van der Waals surface area contributed by atoms with Crippen LogP contribution in [-0.4, -0.2) is 49.3 Å². The van der Waals surface area contributed by atoms with Crippen molar-refractivity contribution >= 4 is 17.5 Å². The van der Waals surface area contributed by atoms with Crippen LogP contribution in [0.3, 0.4) is 0 Å². The predicted molar refractivity (Wildman–Crippen MR) is 104 cm³/mol. The first kappa shape index (κ1) is 20.4. The number of aliphatic hydroxyl groups excluding tert-OH is 1. The lowest BCUT2D eigenvalue weighted by Gasteiger charge is -2.13. The van der Waals surface area contributed by atoms with Gasteiger partial charge in [-0.2, -0.15) is 0 Å². The fraction of sp³-hybridized carbons (Fsp3) is 0.300. The zero-order valence-electron chi connectivity index (χ0n) is 15.3. The summed E-state index contributed by atoms with van der Waals surface area (Å²) in [5.41, 5.74) is 1.16. The fourth-order valence-electron chi connectivity index (χ4n) is 2.31. The lowest BCUT2D eigenvalue weighted by molar-refractivity contribution is -0.114. The van der Waals surface area contributed by atoms with Crippen molar-refractivity contribution in [3.05, 3.63) is 60.2 Å². The van der Waals surface area contributed by atoms with E-state index in [2.05, 4.69) is 16.0 Å². The first-order chi connectivity index (χ1) is 13.0. The molecule has 0 unspecified atom stereocenters. The summed E-state index contributed by atoms with van der Waals surface area (Å²) >= 11 is 0. The van der Waals surface area contributed by atoms with Crippen molar-refractivity contribution in [2.45, 2.75) is 13.0 Å². The second-order valence-corrected chi connectivity index (χ2v) is 6.00. The van der Waals surface area contributed by atoms with E-state index < -0.39 is 6.10 Å². The number of carbonyl (C=O) groups excluding carboxylic acids is 2. The van der Waals surface area contributed by atoms with Crippen molar-refractivity contribution in [1.29, 1.82) is 0 Å². The molecular weight excluding hydrogens is 346 g/mol. The minimum absolute atomic E-state index is 0.158. The first-order valence-corrected chi connectivity index (χ1v) is 8.77. The van der Waals surface area contributed by atoms with Gasteiger partial charge in [-0.1, -0.05) is 18.2 Å². The summed E-state index contributed by atoms with van der Waals surface area (Å²) in [6, 6.07) is 16.0. The Balaban J connectivity index is 1.59.